The molecule has 0 atom stereocenters. The zero-order valence-electron chi connectivity index (χ0n) is 13.5. The van der Waals surface area contributed by atoms with Gasteiger partial charge in [0.25, 0.3) is 0 Å². The van der Waals surface area contributed by atoms with E-state index < -0.39 is 21.7 Å². The number of halogens is 1. The van der Waals surface area contributed by atoms with Gasteiger partial charge in [-0.25, -0.2) is 12.8 Å². The van der Waals surface area contributed by atoms with E-state index in [0.717, 1.165) is 28.4 Å². The van der Waals surface area contributed by atoms with E-state index in [1.165, 1.54) is 19.2 Å². The molecule has 0 heterocycles. The second-order valence-corrected chi connectivity index (χ2v) is 7.36. The average molecular weight is 350 g/mol. The van der Waals surface area contributed by atoms with E-state index in [4.69, 9.17) is 0 Å². The molecule has 0 spiro atoms. The highest BCUT2D eigenvalue weighted by molar-refractivity contribution is 7.89. The number of hydrogen-bond donors (Lipinski definition) is 1. The first-order valence-corrected chi connectivity index (χ1v) is 8.87. The van der Waals surface area contributed by atoms with Crippen LogP contribution in [0.2, 0.25) is 0 Å². The molecule has 0 saturated heterocycles. The summed E-state index contributed by atoms with van der Waals surface area (Å²) in [6, 6.07) is 11.8. The number of nitrogens with zero attached hydrogens (tertiary/aromatic N) is 1. The summed E-state index contributed by atoms with van der Waals surface area (Å²) in [5, 5.41) is 2.65. The summed E-state index contributed by atoms with van der Waals surface area (Å²) < 4.78 is 38.5. The predicted octanol–water partition coefficient (Wildman–Crippen LogP) is 2.65. The number of nitrogens with one attached hydrogen (secondary N) is 1. The summed E-state index contributed by atoms with van der Waals surface area (Å²) in [7, 11) is -2.54. The summed E-state index contributed by atoms with van der Waals surface area (Å²) in [5.41, 5.74) is 1.74. The molecule has 0 aromatic heterocycles. The molecule has 5 nitrogen and oxygen atoms in total. The maximum Gasteiger partial charge on any atom is 0.243 e. The van der Waals surface area contributed by atoms with Gasteiger partial charge in [0.15, 0.2) is 0 Å². The molecule has 1 N–H and O–H groups in total. The molecule has 2 aromatic rings. The van der Waals surface area contributed by atoms with E-state index >= 15 is 0 Å². The fourth-order valence-corrected chi connectivity index (χ4v) is 3.23. The predicted molar refractivity (Wildman–Crippen MR) is 90.7 cm³/mol. The van der Waals surface area contributed by atoms with Crippen LogP contribution in [-0.2, 0) is 21.2 Å². The van der Waals surface area contributed by atoms with Crippen molar-refractivity contribution in [3.05, 3.63) is 59.9 Å². The van der Waals surface area contributed by atoms with Crippen LogP contribution in [-0.4, -0.2) is 32.2 Å². The maximum absolute atomic E-state index is 12.9. The second kappa shape index (κ2) is 7.55. The van der Waals surface area contributed by atoms with Gasteiger partial charge in [-0.2, -0.15) is 4.31 Å². The highest BCUT2D eigenvalue weighted by atomic mass is 32.2. The summed E-state index contributed by atoms with van der Waals surface area (Å²) in [4.78, 5) is 12.0. The Hall–Kier alpha value is -2.25. The van der Waals surface area contributed by atoms with Gasteiger partial charge in [0.05, 0.1) is 11.4 Å². The Labute approximate surface area is 141 Å². The molecule has 2 aromatic carbocycles. The van der Waals surface area contributed by atoms with Gasteiger partial charge in [-0.1, -0.05) is 19.1 Å². The normalized spacial score (nSPS) is 11.5. The number of rotatable bonds is 6. The van der Waals surface area contributed by atoms with Gasteiger partial charge < -0.3 is 5.32 Å². The molecule has 2 rings (SSSR count). The highest BCUT2D eigenvalue weighted by Crippen LogP contribution is 2.15. The van der Waals surface area contributed by atoms with Crippen molar-refractivity contribution in [2.45, 2.75) is 18.2 Å². The number of likely N-dealkylation sites (N-methyl/N-ethyl adjacent to an activating group) is 1. The molecule has 0 aliphatic heterocycles. The Morgan fingerprint density at radius 2 is 1.67 bits per heavy atom. The van der Waals surface area contributed by atoms with Crippen molar-refractivity contribution in [2.75, 3.05) is 18.9 Å². The third-order valence-corrected chi connectivity index (χ3v) is 5.35. The van der Waals surface area contributed by atoms with Crippen LogP contribution in [0.25, 0.3) is 0 Å². The van der Waals surface area contributed by atoms with Gasteiger partial charge in [-0.3, -0.25) is 4.79 Å². The third-order valence-electron chi connectivity index (χ3n) is 3.53. The number of hydrogen-bond acceptors (Lipinski definition) is 3. The number of sulfonamides is 1. The topological polar surface area (TPSA) is 66.5 Å². The number of carbonyl (C=O) groups excluding carboxylic acids is 1. The van der Waals surface area contributed by atoms with Crippen molar-refractivity contribution in [3.8, 4) is 0 Å². The van der Waals surface area contributed by atoms with Gasteiger partial charge in [-0.15, -0.1) is 0 Å². The fourth-order valence-electron chi connectivity index (χ4n) is 2.10. The fraction of sp³-hybridized carbons (Fsp3) is 0.235. The third kappa shape index (κ3) is 4.39. The van der Waals surface area contributed by atoms with Crippen molar-refractivity contribution >= 4 is 21.6 Å². The minimum Gasteiger partial charge on any atom is -0.325 e. The van der Waals surface area contributed by atoms with Gasteiger partial charge in [0.1, 0.15) is 5.82 Å². The molecule has 0 aliphatic carbocycles. The summed E-state index contributed by atoms with van der Waals surface area (Å²) >= 11 is 0. The molecular formula is C17H19FN2O3S. The van der Waals surface area contributed by atoms with E-state index in [1.807, 2.05) is 19.1 Å². The summed E-state index contributed by atoms with van der Waals surface area (Å²) in [6.07, 6.45) is 0.896. The number of anilines is 1. The smallest absolute Gasteiger partial charge is 0.243 e. The maximum atomic E-state index is 12.9. The quantitative estimate of drug-likeness (QED) is 0.871. The SMILES string of the molecule is CCc1ccc(NC(=O)CN(C)S(=O)(=O)c2ccc(F)cc2)cc1. The van der Waals surface area contributed by atoms with E-state index in [2.05, 4.69) is 5.32 Å². The van der Waals surface area contributed by atoms with Gasteiger partial charge in [-0.05, 0) is 48.4 Å². The lowest BCUT2D eigenvalue weighted by Gasteiger charge is -2.17. The Morgan fingerprint density at radius 1 is 1.08 bits per heavy atom. The molecule has 0 fully saturated rings. The first-order chi connectivity index (χ1) is 11.3. The van der Waals surface area contributed by atoms with Crippen molar-refractivity contribution in [1.29, 1.82) is 0 Å². The van der Waals surface area contributed by atoms with E-state index in [9.17, 15) is 17.6 Å². The minimum atomic E-state index is -3.85. The summed E-state index contributed by atoms with van der Waals surface area (Å²) in [6.45, 7) is 1.69. The van der Waals surface area contributed by atoms with Crippen LogP contribution in [0, 0.1) is 5.82 Å². The average Bonchev–Trinajstić information content (AvgIpc) is 2.55. The Bertz CT molecular complexity index is 803. The molecule has 24 heavy (non-hydrogen) atoms. The largest absolute Gasteiger partial charge is 0.325 e. The van der Waals surface area contributed by atoms with Crippen LogP contribution in [0.3, 0.4) is 0 Å². The monoisotopic (exact) mass is 350 g/mol. The van der Waals surface area contributed by atoms with Crippen LogP contribution in [0.4, 0.5) is 10.1 Å². The van der Waals surface area contributed by atoms with E-state index in [0.29, 0.717) is 5.69 Å². The zero-order valence-corrected chi connectivity index (χ0v) is 14.3. The van der Waals surface area contributed by atoms with Gasteiger partial charge in [0, 0.05) is 12.7 Å². The van der Waals surface area contributed by atoms with Crippen LogP contribution in [0.15, 0.2) is 53.4 Å². The molecule has 0 radical (unpaired) electrons. The van der Waals surface area contributed by atoms with E-state index in [-0.39, 0.29) is 11.4 Å². The molecule has 0 saturated carbocycles. The van der Waals surface area contributed by atoms with Crippen molar-refractivity contribution in [2.24, 2.45) is 0 Å². The Kier molecular flexibility index (Phi) is 5.69. The number of aryl methyl sites for hydroxylation is 1. The lowest BCUT2D eigenvalue weighted by molar-refractivity contribution is -0.116. The lowest BCUT2D eigenvalue weighted by Crippen LogP contribution is -2.34. The van der Waals surface area contributed by atoms with Crippen molar-refractivity contribution in [3.63, 3.8) is 0 Å². The zero-order chi connectivity index (χ0) is 17.7. The lowest BCUT2D eigenvalue weighted by atomic mass is 10.1. The molecule has 0 unspecified atom stereocenters. The number of carbonyl (C=O) groups is 1. The van der Waals surface area contributed by atoms with Crippen LogP contribution in [0.1, 0.15) is 12.5 Å². The minimum absolute atomic E-state index is 0.0634. The molecule has 0 aliphatic rings. The van der Waals surface area contributed by atoms with Crippen LogP contribution < -0.4 is 5.32 Å². The first-order valence-electron chi connectivity index (χ1n) is 7.43. The first kappa shape index (κ1) is 18.1. The Morgan fingerprint density at radius 3 is 2.21 bits per heavy atom. The van der Waals surface area contributed by atoms with Crippen LogP contribution in [0.5, 0.6) is 0 Å². The molecule has 7 heteroatoms. The van der Waals surface area contributed by atoms with E-state index in [1.54, 1.807) is 12.1 Å². The molecular weight excluding hydrogens is 331 g/mol. The molecule has 0 bridgehead atoms. The van der Waals surface area contributed by atoms with Crippen LogP contribution >= 0.6 is 0 Å². The van der Waals surface area contributed by atoms with Gasteiger partial charge >= 0.3 is 0 Å². The molecule has 1 amide bonds. The Balaban J connectivity index is 2.03. The molecule has 128 valence electrons. The van der Waals surface area contributed by atoms with Crippen molar-refractivity contribution in [1.82, 2.24) is 4.31 Å². The highest BCUT2D eigenvalue weighted by Gasteiger charge is 2.22. The van der Waals surface area contributed by atoms with Crippen molar-refractivity contribution < 1.29 is 17.6 Å². The number of amides is 1. The van der Waals surface area contributed by atoms with Gasteiger partial charge in [0.2, 0.25) is 15.9 Å². The summed E-state index contributed by atoms with van der Waals surface area (Å²) in [5.74, 6) is -0.975. The standard InChI is InChI=1S/C17H19FN2O3S/c1-3-13-4-8-15(9-5-13)19-17(21)12-20(2)24(22,23)16-10-6-14(18)7-11-16/h4-11H,3,12H2,1-2H3,(H,19,21). The second-order valence-electron chi connectivity index (χ2n) is 5.31. The number of benzene rings is 2.